The third kappa shape index (κ3) is 12.5. The second kappa shape index (κ2) is 26.4. The van der Waals surface area contributed by atoms with Crippen molar-refractivity contribution in [2.45, 2.75) is 317 Å². The predicted molar refractivity (Wildman–Crippen MR) is 294 cm³/mol. The lowest BCUT2D eigenvalue weighted by Gasteiger charge is -2.57. The van der Waals surface area contributed by atoms with Crippen molar-refractivity contribution in [2.24, 2.45) is 28.6 Å². The maximum atomic E-state index is 13.5. The summed E-state index contributed by atoms with van der Waals surface area (Å²) in [6.45, 7) is 15.5. The largest absolute Gasteiger partial charge is 0.394 e. The lowest BCUT2D eigenvalue weighted by atomic mass is 9.52. The van der Waals surface area contributed by atoms with Crippen LogP contribution in [0.25, 0.3) is 0 Å². The summed E-state index contributed by atoms with van der Waals surface area (Å²) in [6.07, 6.45) is -10.9. The minimum absolute atomic E-state index is 0.0138. The van der Waals surface area contributed by atoms with Crippen molar-refractivity contribution in [3.8, 4) is 0 Å². The van der Waals surface area contributed by atoms with E-state index >= 15 is 0 Å². The first-order chi connectivity index (χ1) is 40.5. The highest BCUT2D eigenvalue weighted by Crippen LogP contribution is 2.67. The van der Waals surface area contributed by atoms with Crippen molar-refractivity contribution in [2.75, 3.05) is 35.0 Å². The van der Waals surface area contributed by atoms with Crippen LogP contribution in [-0.2, 0) is 90.1 Å². The summed E-state index contributed by atoms with van der Waals surface area (Å²) in [5.74, 6) is 0.597. The summed E-state index contributed by atoms with van der Waals surface area (Å²) < 4.78 is 115. The zero-order valence-corrected chi connectivity index (χ0v) is 51.8. The average molecular weight is 1220 g/mol. The summed E-state index contributed by atoms with van der Waals surface area (Å²) in [7, 11) is 6.45. The first-order valence-electron chi connectivity index (χ1n) is 31.7. The number of hydrogen-bond acceptors (Lipinski definition) is 24. The molecule has 34 atom stereocenters. The third-order valence-electron chi connectivity index (χ3n) is 22.2. The fourth-order valence-corrected chi connectivity index (χ4v) is 17.3. The number of ether oxygens (including phenoxy) is 18. The number of fused-ring (bicyclic) bond motifs is 5. The summed E-state index contributed by atoms with van der Waals surface area (Å²) in [4.78, 5) is 13.5. The topological polar surface area (TPSA) is 284 Å². The Balaban J connectivity index is 0.626. The molecule has 5 N–H and O–H groups in total. The van der Waals surface area contributed by atoms with E-state index in [1.807, 2.05) is 20.8 Å². The van der Waals surface area contributed by atoms with Gasteiger partial charge in [0.1, 0.15) is 60.7 Å². The summed E-state index contributed by atoms with van der Waals surface area (Å²) in [5, 5.41) is 52.3. The van der Waals surface area contributed by atoms with Crippen LogP contribution in [-0.4, -0.2) is 244 Å². The van der Waals surface area contributed by atoms with E-state index in [1.54, 1.807) is 35.2 Å². The molecule has 11 rings (SSSR count). The fourth-order valence-electron chi connectivity index (χ4n) is 17.3. The Morgan fingerprint density at radius 2 is 0.965 bits per heavy atom. The molecule has 11 aliphatic rings. The number of hydrogen-bond donors (Lipinski definition) is 5. The third-order valence-corrected chi connectivity index (χ3v) is 22.2. The van der Waals surface area contributed by atoms with Crippen LogP contribution in [0.5, 0.6) is 0 Å². The van der Waals surface area contributed by atoms with E-state index in [4.69, 9.17) is 85.3 Å². The number of aliphatic hydroxyl groups is 5. The molecule has 8 heterocycles. The van der Waals surface area contributed by atoms with Crippen LogP contribution in [0.1, 0.15) is 139 Å². The molecule has 0 aromatic heterocycles. The number of Topliss-reactive ketones (excluding diaryl/α,β-unsaturated/α-hetero) is 1. The van der Waals surface area contributed by atoms with Gasteiger partial charge in [-0.2, -0.15) is 0 Å². The van der Waals surface area contributed by atoms with Gasteiger partial charge in [-0.25, -0.2) is 0 Å². The van der Waals surface area contributed by atoms with Crippen LogP contribution in [0.15, 0.2) is 0 Å². The van der Waals surface area contributed by atoms with Gasteiger partial charge >= 0.3 is 0 Å². The molecule has 1 spiro atoms. The quantitative estimate of drug-likeness (QED) is 0.131. The lowest BCUT2D eigenvalue weighted by Crippen LogP contribution is -2.62. The number of carbonyl (C=O) groups is 1. The van der Waals surface area contributed by atoms with Crippen molar-refractivity contribution in [3.05, 3.63) is 0 Å². The molecule has 8 aliphatic heterocycles. The number of methoxy groups -OCH3 is 4. The molecule has 0 radical (unpaired) electrons. The van der Waals surface area contributed by atoms with E-state index in [2.05, 4.69) is 20.8 Å². The number of carbonyl (C=O) groups excluding carboxylic acids is 1. The average Bonchev–Trinajstić information content (AvgIpc) is 1.61. The molecule has 24 heteroatoms. The van der Waals surface area contributed by atoms with E-state index in [0.29, 0.717) is 37.4 Å². The Bertz CT molecular complexity index is 2210. The first-order valence-corrected chi connectivity index (χ1v) is 31.7. The van der Waals surface area contributed by atoms with Gasteiger partial charge in [-0.05, 0) is 98.3 Å². The minimum Gasteiger partial charge on any atom is -0.394 e. The number of ketones is 1. The molecule has 3 saturated carbocycles. The maximum Gasteiger partial charge on any atom is 0.187 e. The van der Waals surface area contributed by atoms with Gasteiger partial charge in [0, 0.05) is 85.2 Å². The van der Waals surface area contributed by atoms with Crippen LogP contribution in [0.4, 0.5) is 0 Å². The second-order valence-corrected chi connectivity index (χ2v) is 27.1. The molecule has 0 aromatic carbocycles. The van der Waals surface area contributed by atoms with E-state index in [-0.39, 0.29) is 60.6 Å². The van der Waals surface area contributed by atoms with Crippen LogP contribution in [0.2, 0.25) is 0 Å². The van der Waals surface area contributed by atoms with Crippen LogP contribution >= 0.6 is 0 Å². The fraction of sp³-hybridized carbons (Fsp3) is 0.984. The summed E-state index contributed by atoms with van der Waals surface area (Å²) in [5.41, 5.74) is -0.466. The van der Waals surface area contributed by atoms with Gasteiger partial charge in [0.05, 0.1) is 91.4 Å². The van der Waals surface area contributed by atoms with Gasteiger partial charge in [-0.15, -0.1) is 0 Å². The number of aliphatic hydroxyl groups excluding tert-OH is 5. The molecule has 0 aromatic rings. The van der Waals surface area contributed by atoms with Crippen LogP contribution < -0.4 is 0 Å². The molecule has 2 bridgehead atoms. The molecule has 3 aliphatic carbocycles. The Hall–Kier alpha value is -1.25. The minimum atomic E-state index is -1.61. The van der Waals surface area contributed by atoms with Crippen LogP contribution in [0, 0.1) is 28.6 Å². The SMILES string of the molecule is CO[C@H]1C[C@H](O[C@@H]2[C@@H](C)O[C@@H](O[C@H]3CC[C@@]4(C)C(CC[C@@]56OC(C)[C@H]7CCC(=O)[C@]7(C)C(C[C@@H]54)O6)C3)C[C@H]2OC)O[C@H](C)[C@H]1O[C@H]1C[C@@H](OC)[C@H](O[C@H]2C[C@H](O)[C@H](O[C@H]3C[C@@H](OC)[C@H](O[C@@H]4O[C@H](CO)[C@@H](O)[C@H](O)[C@H]4O)[C@@H](C)O3)[C@@H](C)O2)[C@@H](C)O1. The van der Waals surface area contributed by atoms with Crippen molar-refractivity contribution < 1.29 is 116 Å². The maximum absolute atomic E-state index is 13.5. The molecule has 11 fully saturated rings. The van der Waals surface area contributed by atoms with Crippen molar-refractivity contribution >= 4 is 5.78 Å². The molecule has 0 amide bonds. The Morgan fingerprint density at radius 1 is 0.494 bits per heavy atom. The molecule has 3 unspecified atom stereocenters. The van der Waals surface area contributed by atoms with Crippen molar-refractivity contribution in [1.29, 1.82) is 0 Å². The van der Waals surface area contributed by atoms with Gasteiger partial charge in [-0.3, -0.25) is 4.79 Å². The van der Waals surface area contributed by atoms with Crippen molar-refractivity contribution in [3.63, 3.8) is 0 Å². The molecule has 488 valence electrons. The normalized spacial score (nSPS) is 54.7. The molecular formula is C61H100O24. The molecule has 8 saturated heterocycles. The Morgan fingerprint density at radius 3 is 1.46 bits per heavy atom. The second-order valence-electron chi connectivity index (χ2n) is 27.1. The molecular weight excluding hydrogens is 1120 g/mol. The van der Waals surface area contributed by atoms with Gasteiger partial charge in [-0.1, -0.05) is 6.92 Å². The van der Waals surface area contributed by atoms with E-state index < -0.39 is 159 Å². The standard InChI is InChI=1S/C61H100O24/c1-27-35-13-14-43(64)60(35,8)44-25-42-59(7)17-16-34(19-33(59)15-18-61(42,84-27)85-44)77-46-21-37(68-9)55(29(3)73-46)81-49-23-39(70-11)56(31(5)75-49)82-48-22-38(69-10)54(30(4)74-48)80-45-20-36(63)53(28(2)72-45)79-47-24-40(71-12)57(32(6)76-47)83-58-52(67)51(66)50(65)41(26-62)78-58/h27-42,44-58,62-63,65-67H,13-26H2,1-12H3/t27?,28-,29-,30-,31-,32-,33?,34+,35-,36+,37-,38-,39+,40-,41-,42-,44?,45+,46+,47+,48+,49+,50-,51+,52-,53-,54-,55-,56-,57-,58+,59+,60-,61+/m1/s1. The molecule has 24 nitrogen and oxygen atoms in total. The van der Waals surface area contributed by atoms with Crippen LogP contribution in [0.3, 0.4) is 0 Å². The number of rotatable bonds is 17. The van der Waals surface area contributed by atoms with E-state index in [1.165, 1.54) is 7.11 Å². The lowest BCUT2D eigenvalue weighted by molar-refractivity contribution is -0.359. The smallest absolute Gasteiger partial charge is 0.187 e. The van der Waals surface area contributed by atoms with E-state index in [9.17, 15) is 30.3 Å². The zero-order valence-electron chi connectivity index (χ0n) is 51.8. The highest BCUT2D eigenvalue weighted by molar-refractivity contribution is 5.88. The van der Waals surface area contributed by atoms with E-state index in [0.717, 1.165) is 44.9 Å². The van der Waals surface area contributed by atoms with Gasteiger partial charge in [0.2, 0.25) is 0 Å². The monoisotopic (exact) mass is 1220 g/mol. The van der Waals surface area contributed by atoms with Gasteiger partial charge < -0.3 is 111 Å². The Labute approximate surface area is 500 Å². The predicted octanol–water partition coefficient (Wildman–Crippen LogP) is 3.30. The van der Waals surface area contributed by atoms with Gasteiger partial charge in [0.15, 0.2) is 43.5 Å². The first kappa shape index (κ1) is 65.2. The Kier molecular flexibility index (Phi) is 20.3. The summed E-state index contributed by atoms with van der Waals surface area (Å²) in [6, 6.07) is 0. The van der Waals surface area contributed by atoms with Crippen molar-refractivity contribution in [1.82, 2.24) is 0 Å². The highest BCUT2D eigenvalue weighted by Gasteiger charge is 2.70. The molecule has 85 heavy (non-hydrogen) atoms. The zero-order chi connectivity index (χ0) is 60.6. The highest BCUT2D eigenvalue weighted by atomic mass is 16.8. The van der Waals surface area contributed by atoms with Gasteiger partial charge in [0.25, 0.3) is 0 Å². The summed E-state index contributed by atoms with van der Waals surface area (Å²) >= 11 is 0.